The maximum atomic E-state index is 5.93. The molecule has 0 aliphatic rings. The molecule has 2 heterocycles. The first-order chi connectivity index (χ1) is 8.52. The molecular weight excluding hydrogens is 339 g/mol. The van der Waals surface area contributed by atoms with Crippen molar-refractivity contribution in [3.8, 4) is 11.5 Å². The molecule has 2 N–H and O–H groups in total. The molecule has 5 heteroatoms. The Morgan fingerprint density at radius 1 is 1.28 bits per heavy atom. The molecule has 2 aromatic heterocycles. The van der Waals surface area contributed by atoms with Gasteiger partial charge in [0.1, 0.15) is 11.5 Å². The summed E-state index contributed by atoms with van der Waals surface area (Å²) in [5.41, 5.74) is 9.90. The van der Waals surface area contributed by atoms with Crippen LogP contribution in [0.2, 0.25) is 0 Å². The minimum Gasteiger partial charge on any atom is -0.383 e. The van der Waals surface area contributed by atoms with Crippen LogP contribution in [0.3, 0.4) is 0 Å². The lowest BCUT2D eigenvalue weighted by atomic mass is 10.1. The van der Waals surface area contributed by atoms with Crippen LogP contribution in [0.15, 0.2) is 12.3 Å². The summed E-state index contributed by atoms with van der Waals surface area (Å²) in [6.07, 6.45) is 2.66. The molecule has 2 aromatic rings. The molecule has 0 atom stereocenters. The van der Waals surface area contributed by atoms with Crippen LogP contribution in [-0.4, -0.2) is 15.0 Å². The fraction of sp³-hybridized carbons (Fsp3) is 0.308. The highest BCUT2D eigenvalue weighted by molar-refractivity contribution is 14.1. The molecule has 0 radical (unpaired) electrons. The van der Waals surface area contributed by atoms with E-state index in [1.54, 1.807) is 0 Å². The van der Waals surface area contributed by atoms with Gasteiger partial charge in [0.05, 0.1) is 9.26 Å². The van der Waals surface area contributed by atoms with Crippen LogP contribution in [0.4, 0.5) is 5.82 Å². The highest BCUT2D eigenvalue weighted by Gasteiger charge is 2.12. The van der Waals surface area contributed by atoms with E-state index in [4.69, 9.17) is 5.73 Å². The molecule has 0 spiro atoms. The first-order valence-corrected chi connectivity index (χ1v) is 6.86. The number of aryl methyl sites for hydroxylation is 3. The number of hydrogen-bond donors (Lipinski definition) is 1. The maximum Gasteiger partial charge on any atom is 0.180 e. The summed E-state index contributed by atoms with van der Waals surface area (Å²) in [7, 11) is 0. The lowest BCUT2D eigenvalue weighted by molar-refractivity contribution is 0.984. The molecule has 0 saturated carbocycles. The molecule has 4 nitrogen and oxygen atoms in total. The number of nitrogens with two attached hydrogens (primary N) is 1. The van der Waals surface area contributed by atoms with Crippen LogP contribution in [0, 0.1) is 17.4 Å². The summed E-state index contributed by atoms with van der Waals surface area (Å²) in [6, 6.07) is 2.07. The fourth-order valence-corrected chi connectivity index (χ4v) is 2.43. The van der Waals surface area contributed by atoms with E-state index in [1.165, 1.54) is 0 Å². The van der Waals surface area contributed by atoms with E-state index in [-0.39, 0.29) is 0 Å². The van der Waals surface area contributed by atoms with Crippen molar-refractivity contribution >= 4 is 28.4 Å². The summed E-state index contributed by atoms with van der Waals surface area (Å²) >= 11 is 2.18. The number of nitrogen functional groups attached to an aromatic ring is 1. The van der Waals surface area contributed by atoms with Crippen molar-refractivity contribution in [2.75, 3.05) is 5.73 Å². The summed E-state index contributed by atoms with van der Waals surface area (Å²) in [4.78, 5) is 13.3. The molecule has 18 heavy (non-hydrogen) atoms. The third-order valence-corrected chi connectivity index (χ3v) is 3.88. The summed E-state index contributed by atoms with van der Waals surface area (Å²) in [6.45, 7) is 6.09. The Kier molecular flexibility index (Phi) is 3.79. The predicted octanol–water partition coefficient (Wildman–Crippen LogP) is 2.90. The van der Waals surface area contributed by atoms with Crippen molar-refractivity contribution in [2.45, 2.75) is 27.2 Å². The molecule has 0 aromatic carbocycles. The van der Waals surface area contributed by atoms with Crippen LogP contribution in [0.25, 0.3) is 11.5 Å². The summed E-state index contributed by atoms with van der Waals surface area (Å²) in [5.74, 6) is 1.14. The topological polar surface area (TPSA) is 64.7 Å². The minimum absolute atomic E-state index is 0.527. The average molecular weight is 354 g/mol. The molecule has 0 amide bonds. The van der Waals surface area contributed by atoms with Crippen molar-refractivity contribution in [1.29, 1.82) is 0 Å². The van der Waals surface area contributed by atoms with Gasteiger partial charge >= 0.3 is 0 Å². The lowest BCUT2D eigenvalue weighted by Crippen LogP contribution is -2.05. The van der Waals surface area contributed by atoms with Crippen LogP contribution < -0.4 is 5.73 Å². The van der Waals surface area contributed by atoms with Gasteiger partial charge in [-0.2, -0.15) is 0 Å². The van der Waals surface area contributed by atoms with Gasteiger partial charge < -0.3 is 5.73 Å². The minimum atomic E-state index is 0.527. The van der Waals surface area contributed by atoms with E-state index in [0.717, 1.165) is 32.5 Å². The molecule has 94 valence electrons. The standard InChI is InChI=1S/C13H15IN4/c1-4-9-10(14)12(15)18-13(17-9)11-8(3)5-7(2)6-16-11/h5-6H,4H2,1-3H3,(H2,15,17,18). The third-order valence-electron chi connectivity index (χ3n) is 2.71. The second kappa shape index (κ2) is 5.17. The number of anilines is 1. The maximum absolute atomic E-state index is 5.93. The Balaban J connectivity index is 2.60. The van der Waals surface area contributed by atoms with Crippen molar-refractivity contribution in [3.05, 3.63) is 32.7 Å². The van der Waals surface area contributed by atoms with E-state index in [2.05, 4.69) is 50.5 Å². The Morgan fingerprint density at radius 2 is 2.00 bits per heavy atom. The lowest BCUT2D eigenvalue weighted by Gasteiger charge is -2.09. The Labute approximate surface area is 120 Å². The van der Waals surface area contributed by atoms with E-state index < -0.39 is 0 Å². The Bertz CT molecular complexity index is 596. The number of aromatic nitrogens is 3. The van der Waals surface area contributed by atoms with Gasteiger partial charge in [-0.05, 0) is 54.0 Å². The number of hydrogen-bond acceptors (Lipinski definition) is 4. The highest BCUT2D eigenvalue weighted by atomic mass is 127. The van der Waals surface area contributed by atoms with Gasteiger partial charge in [0.2, 0.25) is 0 Å². The molecule has 0 unspecified atom stereocenters. The van der Waals surface area contributed by atoms with E-state index in [0.29, 0.717) is 11.6 Å². The normalized spacial score (nSPS) is 10.7. The molecule has 0 bridgehead atoms. The van der Waals surface area contributed by atoms with Crippen LogP contribution in [-0.2, 0) is 6.42 Å². The average Bonchev–Trinajstić information content (AvgIpc) is 2.32. The van der Waals surface area contributed by atoms with Crippen LogP contribution in [0.5, 0.6) is 0 Å². The molecule has 0 aliphatic heterocycles. The third kappa shape index (κ3) is 2.45. The van der Waals surface area contributed by atoms with Crippen molar-refractivity contribution in [3.63, 3.8) is 0 Å². The zero-order chi connectivity index (χ0) is 13.3. The molecule has 0 aliphatic carbocycles. The highest BCUT2D eigenvalue weighted by Crippen LogP contribution is 2.23. The van der Waals surface area contributed by atoms with E-state index in [1.807, 2.05) is 20.0 Å². The van der Waals surface area contributed by atoms with Crippen LogP contribution >= 0.6 is 22.6 Å². The van der Waals surface area contributed by atoms with Crippen molar-refractivity contribution in [2.24, 2.45) is 0 Å². The zero-order valence-corrected chi connectivity index (χ0v) is 12.8. The van der Waals surface area contributed by atoms with Gasteiger partial charge in [0.25, 0.3) is 0 Å². The van der Waals surface area contributed by atoms with Gasteiger partial charge in [-0.25, -0.2) is 9.97 Å². The number of halogens is 1. The van der Waals surface area contributed by atoms with E-state index >= 15 is 0 Å². The number of nitrogens with zero attached hydrogens (tertiary/aromatic N) is 3. The van der Waals surface area contributed by atoms with Crippen molar-refractivity contribution < 1.29 is 0 Å². The summed E-state index contributed by atoms with van der Waals surface area (Å²) < 4.78 is 0.934. The van der Waals surface area contributed by atoms with Gasteiger partial charge in [-0.15, -0.1) is 0 Å². The molecule has 0 saturated heterocycles. The predicted molar refractivity (Wildman–Crippen MR) is 81.2 cm³/mol. The van der Waals surface area contributed by atoms with Gasteiger partial charge in [0, 0.05) is 6.20 Å². The second-order valence-corrected chi connectivity index (χ2v) is 5.30. The first kappa shape index (κ1) is 13.2. The second-order valence-electron chi connectivity index (χ2n) is 4.22. The molecule has 0 fully saturated rings. The van der Waals surface area contributed by atoms with Crippen molar-refractivity contribution in [1.82, 2.24) is 15.0 Å². The first-order valence-electron chi connectivity index (χ1n) is 5.78. The number of rotatable bonds is 2. The van der Waals surface area contributed by atoms with Gasteiger partial charge in [-0.1, -0.05) is 13.0 Å². The Hall–Kier alpha value is -1.24. The molecular formula is C13H15IN4. The smallest absolute Gasteiger partial charge is 0.180 e. The fourth-order valence-electron chi connectivity index (χ4n) is 1.80. The SMILES string of the molecule is CCc1nc(-c2ncc(C)cc2C)nc(N)c1I. The Morgan fingerprint density at radius 3 is 2.61 bits per heavy atom. The monoisotopic (exact) mass is 354 g/mol. The summed E-state index contributed by atoms with van der Waals surface area (Å²) in [5, 5.41) is 0. The largest absolute Gasteiger partial charge is 0.383 e. The quantitative estimate of drug-likeness (QED) is 0.843. The van der Waals surface area contributed by atoms with E-state index in [9.17, 15) is 0 Å². The van der Waals surface area contributed by atoms with Crippen LogP contribution in [0.1, 0.15) is 23.7 Å². The van der Waals surface area contributed by atoms with Gasteiger partial charge in [0.15, 0.2) is 5.82 Å². The number of pyridine rings is 1. The molecule has 2 rings (SSSR count). The van der Waals surface area contributed by atoms with Gasteiger partial charge in [-0.3, -0.25) is 4.98 Å². The zero-order valence-electron chi connectivity index (χ0n) is 10.7.